The Morgan fingerprint density at radius 3 is 2.08 bits per heavy atom. The molecule has 0 bridgehead atoms. The van der Waals surface area contributed by atoms with Crippen LogP contribution in [0.25, 0.3) is 33.2 Å². The van der Waals surface area contributed by atoms with Crippen LogP contribution in [0.3, 0.4) is 0 Å². The van der Waals surface area contributed by atoms with Crippen LogP contribution in [-0.4, -0.2) is 53.8 Å². The van der Waals surface area contributed by atoms with Crippen molar-refractivity contribution in [3.05, 3.63) is 109 Å². The first kappa shape index (κ1) is 23.7. The minimum absolute atomic E-state index is 0.00507. The predicted molar refractivity (Wildman–Crippen MR) is 151 cm³/mol. The zero-order valence-electron chi connectivity index (χ0n) is 21.0. The zero-order chi connectivity index (χ0) is 25.7. The second-order valence-corrected chi connectivity index (χ2v) is 9.39. The second-order valence-electron chi connectivity index (χ2n) is 9.39. The van der Waals surface area contributed by atoms with Gasteiger partial charge in [0.25, 0.3) is 5.91 Å². The van der Waals surface area contributed by atoms with E-state index in [0.29, 0.717) is 31.9 Å². The standard InChI is InChI=1S/C32H28N4O2/c37-32(23-38-29-14-12-26(13-15-29)24-6-2-1-3-7-24)36-20-18-35(19-21-36)31-17-16-30(33-34-31)28-11-10-25-8-4-5-9-27(25)22-28/h1-17,22H,18-21,23H2. The van der Waals surface area contributed by atoms with Gasteiger partial charge in [0.05, 0.1) is 5.69 Å². The van der Waals surface area contributed by atoms with E-state index >= 15 is 0 Å². The quantitative estimate of drug-likeness (QED) is 0.300. The van der Waals surface area contributed by atoms with Crippen molar-refractivity contribution in [1.29, 1.82) is 0 Å². The summed E-state index contributed by atoms with van der Waals surface area (Å²) in [6, 6.07) is 36.7. The molecule has 1 aromatic heterocycles. The van der Waals surface area contributed by atoms with E-state index in [9.17, 15) is 4.79 Å². The zero-order valence-corrected chi connectivity index (χ0v) is 21.0. The third kappa shape index (κ3) is 5.20. The summed E-state index contributed by atoms with van der Waals surface area (Å²) in [5.74, 6) is 1.52. The van der Waals surface area contributed by atoms with Gasteiger partial charge in [-0.15, -0.1) is 10.2 Å². The Kier molecular flexibility index (Phi) is 6.68. The highest BCUT2D eigenvalue weighted by molar-refractivity contribution is 5.86. The molecule has 0 spiro atoms. The number of hydrogen-bond donors (Lipinski definition) is 0. The van der Waals surface area contributed by atoms with Gasteiger partial charge in [-0.25, -0.2) is 0 Å². The summed E-state index contributed by atoms with van der Waals surface area (Å²) in [6.45, 7) is 2.71. The molecule has 0 saturated carbocycles. The number of ether oxygens (including phenoxy) is 1. The van der Waals surface area contributed by atoms with Crippen molar-refractivity contribution < 1.29 is 9.53 Å². The fourth-order valence-corrected chi connectivity index (χ4v) is 4.79. The lowest BCUT2D eigenvalue weighted by molar-refractivity contribution is -0.133. The molecular formula is C32H28N4O2. The average molecular weight is 501 g/mol. The number of amides is 1. The summed E-state index contributed by atoms with van der Waals surface area (Å²) in [6.07, 6.45) is 0. The molecule has 5 aromatic rings. The van der Waals surface area contributed by atoms with Gasteiger partial charge in [-0.3, -0.25) is 4.79 Å². The smallest absolute Gasteiger partial charge is 0.260 e. The van der Waals surface area contributed by atoms with E-state index in [1.807, 2.05) is 71.6 Å². The Morgan fingerprint density at radius 2 is 1.34 bits per heavy atom. The molecular weight excluding hydrogens is 472 g/mol. The first-order valence-corrected chi connectivity index (χ1v) is 12.9. The Labute approximate surface area is 222 Å². The molecule has 6 heteroatoms. The molecule has 1 fully saturated rings. The number of benzene rings is 4. The summed E-state index contributed by atoms with van der Waals surface area (Å²) in [4.78, 5) is 16.8. The van der Waals surface area contributed by atoms with Crippen LogP contribution >= 0.6 is 0 Å². The SMILES string of the molecule is O=C(COc1ccc(-c2ccccc2)cc1)N1CCN(c2ccc(-c3ccc4ccccc4c3)nn2)CC1. The van der Waals surface area contributed by atoms with Gasteiger partial charge in [0, 0.05) is 31.7 Å². The van der Waals surface area contributed by atoms with Crippen molar-refractivity contribution in [3.8, 4) is 28.1 Å². The maximum absolute atomic E-state index is 12.8. The highest BCUT2D eigenvalue weighted by Gasteiger charge is 2.22. The monoisotopic (exact) mass is 500 g/mol. The van der Waals surface area contributed by atoms with Crippen molar-refractivity contribution >= 4 is 22.5 Å². The Hall–Kier alpha value is -4.71. The summed E-state index contributed by atoms with van der Waals surface area (Å²) in [7, 11) is 0. The maximum atomic E-state index is 12.8. The van der Waals surface area contributed by atoms with E-state index in [0.717, 1.165) is 28.2 Å². The van der Waals surface area contributed by atoms with E-state index in [1.54, 1.807) is 0 Å². The van der Waals surface area contributed by atoms with E-state index < -0.39 is 0 Å². The fraction of sp³-hybridized carbons (Fsp3) is 0.156. The topological polar surface area (TPSA) is 58.6 Å². The van der Waals surface area contributed by atoms with E-state index in [1.165, 1.54) is 10.8 Å². The minimum Gasteiger partial charge on any atom is -0.484 e. The molecule has 0 unspecified atom stereocenters. The summed E-state index contributed by atoms with van der Waals surface area (Å²) in [5.41, 5.74) is 4.17. The molecule has 0 N–H and O–H groups in total. The second kappa shape index (κ2) is 10.7. The van der Waals surface area contributed by atoms with Crippen LogP contribution in [0.4, 0.5) is 5.82 Å². The molecule has 1 aliphatic heterocycles. The summed E-state index contributed by atoms with van der Waals surface area (Å²) in [5, 5.41) is 11.4. The first-order chi connectivity index (χ1) is 18.7. The average Bonchev–Trinajstić information content (AvgIpc) is 3.00. The summed E-state index contributed by atoms with van der Waals surface area (Å²) >= 11 is 0. The van der Waals surface area contributed by atoms with Crippen molar-refractivity contribution in [2.24, 2.45) is 0 Å². The molecule has 1 amide bonds. The van der Waals surface area contributed by atoms with E-state index in [2.05, 4.69) is 57.6 Å². The molecule has 188 valence electrons. The van der Waals surface area contributed by atoms with Crippen LogP contribution in [0.2, 0.25) is 0 Å². The number of nitrogens with zero attached hydrogens (tertiary/aromatic N) is 4. The molecule has 1 aliphatic rings. The Bertz CT molecular complexity index is 1530. The normalized spacial score (nSPS) is 13.5. The van der Waals surface area contributed by atoms with Crippen LogP contribution < -0.4 is 9.64 Å². The number of carbonyl (C=O) groups is 1. The molecule has 6 nitrogen and oxygen atoms in total. The van der Waals surface area contributed by atoms with Crippen molar-refractivity contribution in [1.82, 2.24) is 15.1 Å². The molecule has 0 radical (unpaired) electrons. The van der Waals surface area contributed by atoms with Crippen LogP contribution in [0.15, 0.2) is 109 Å². The van der Waals surface area contributed by atoms with Gasteiger partial charge in [-0.2, -0.15) is 0 Å². The first-order valence-electron chi connectivity index (χ1n) is 12.9. The third-order valence-electron chi connectivity index (χ3n) is 6.98. The Balaban J connectivity index is 1.01. The lowest BCUT2D eigenvalue weighted by Crippen LogP contribution is -2.50. The molecule has 38 heavy (non-hydrogen) atoms. The van der Waals surface area contributed by atoms with Crippen LogP contribution in [0, 0.1) is 0 Å². The number of aromatic nitrogens is 2. The molecule has 1 saturated heterocycles. The predicted octanol–water partition coefficient (Wildman–Crippen LogP) is 5.69. The van der Waals surface area contributed by atoms with Gasteiger partial charge < -0.3 is 14.5 Å². The van der Waals surface area contributed by atoms with Crippen LogP contribution in [0.5, 0.6) is 5.75 Å². The third-order valence-corrected chi connectivity index (χ3v) is 6.98. The van der Waals surface area contributed by atoms with Gasteiger partial charge in [-0.05, 0) is 52.2 Å². The van der Waals surface area contributed by atoms with Gasteiger partial charge >= 0.3 is 0 Å². The number of anilines is 1. The molecule has 4 aromatic carbocycles. The van der Waals surface area contributed by atoms with Crippen molar-refractivity contribution in [3.63, 3.8) is 0 Å². The van der Waals surface area contributed by atoms with Gasteiger partial charge in [0.15, 0.2) is 12.4 Å². The number of fused-ring (bicyclic) bond motifs is 1. The highest BCUT2D eigenvalue weighted by Crippen LogP contribution is 2.25. The molecule has 0 aliphatic carbocycles. The molecule has 6 rings (SSSR count). The van der Waals surface area contributed by atoms with Crippen LogP contribution in [0.1, 0.15) is 0 Å². The molecule has 2 heterocycles. The Morgan fingerprint density at radius 1 is 0.658 bits per heavy atom. The van der Waals surface area contributed by atoms with Crippen molar-refractivity contribution in [2.75, 3.05) is 37.7 Å². The van der Waals surface area contributed by atoms with Gasteiger partial charge in [0.2, 0.25) is 0 Å². The number of hydrogen-bond acceptors (Lipinski definition) is 5. The van der Waals surface area contributed by atoms with Gasteiger partial charge in [-0.1, -0.05) is 78.9 Å². The highest BCUT2D eigenvalue weighted by atomic mass is 16.5. The lowest BCUT2D eigenvalue weighted by atomic mass is 10.1. The maximum Gasteiger partial charge on any atom is 0.260 e. The minimum atomic E-state index is -0.00507. The largest absolute Gasteiger partial charge is 0.484 e. The van der Waals surface area contributed by atoms with Crippen molar-refractivity contribution in [2.45, 2.75) is 0 Å². The number of carbonyl (C=O) groups excluding carboxylic acids is 1. The number of rotatable bonds is 6. The van der Waals surface area contributed by atoms with E-state index in [4.69, 9.17) is 4.74 Å². The molecule has 0 atom stereocenters. The van der Waals surface area contributed by atoms with Gasteiger partial charge in [0.1, 0.15) is 5.75 Å². The van der Waals surface area contributed by atoms with Crippen LogP contribution in [-0.2, 0) is 4.79 Å². The lowest BCUT2D eigenvalue weighted by Gasteiger charge is -2.35. The number of piperazine rings is 1. The van der Waals surface area contributed by atoms with E-state index in [-0.39, 0.29) is 12.5 Å². The summed E-state index contributed by atoms with van der Waals surface area (Å²) < 4.78 is 5.78. The fourth-order valence-electron chi connectivity index (χ4n) is 4.79.